The number of piperidine rings is 1. The van der Waals surface area contributed by atoms with Crippen molar-refractivity contribution in [1.82, 2.24) is 4.98 Å². The first kappa shape index (κ1) is 18.2. The van der Waals surface area contributed by atoms with E-state index in [0.29, 0.717) is 17.4 Å². The van der Waals surface area contributed by atoms with Gasteiger partial charge in [-0.15, -0.1) is 0 Å². The molecule has 1 aromatic carbocycles. The average molecular weight is 357 g/mol. The Morgan fingerprint density at radius 2 is 1.92 bits per heavy atom. The van der Waals surface area contributed by atoms with Crippen LogP contribution in [0.2, 0.25) is 0 Å². The van der Waals surface area contributed by atoms with E-state index >= 15 is 0 Å². The third-order valence-electron chi connectivity index (χ3n) is 4.36. The molecule has 3 rings (SSSR count). The molecule has 1 fully saturated rings. The largest absolute Gasteiger partial charge is 0.459 e. The topological polar surface area (TPSA) is 54.5 Å². The predicted molar refractivity (Wildman–Crippen MR) is 100 cm³/mol. The van der Waals surface area contributed by atoms with Gasteiger partial charge in [0.2, 0.25) is 0 Å². The van der Waals surface area contributed by atoms with Crippen molar-refractivity contribution in [1.29, 1.82) is 0 Å². The molecule has 1 saturated heterocycles. The van der Waals surface area contributed by atoms with E-state index in [1.165, 1.54) is 12.1 Å². The van der Waals surface area contributed by atoms with Gasteiger partial charge >= 0.3 is 5.97 Å². The fourth-order valence-electron chi connectivity index (χ4n) is 3.10. The summed E-state index contributed by atoms with van der Waals surface area (Å²) in [4.78, 5) is 18.9. The molecule has 0 atom stereocenters. The van der Waals surface area contributed by atoms with E-state index in [2.05, 4.69) is 15.2 Å². The number of benzene rings is 1. The molecule has 6 heteroatoms. The summed E-state index contributed by atoms with van der Waals surface area (Å²) < 4.78 is 18.3. The van der Waals surface area contributed by atoms with Crippen LogP contribution in [0.5, 0.6) is 0 Å². The van der Waals surface area contributed by atoms with Crippen molar-refractivity contribution in [2.24, 2.45) is 0 Å². The second-order valence-electron chi connectivity index (χ2n) is 6.74. The van der Waals surface area contributed by atoms with Crippen molar-refractivity contribution < 1.29 is 13.9 Å². The molecule has 1 aromatic heterocycles. The number of esters is 1. The molecule has 2 aromatic rings. The van der Waals surface area contributed by atoms with Gasteiger partial charge in [-0.25, -0.2) is 14.2 Å². The number of pyridine rings is 1. The number of hydrogen-bond acceptors (Lipinski definition) is 5. The van der Waals surface area contributed by atoms with Crippen molar-refractivity contribution in [2.45, 2.75) is 38.8 Å². The molecular formula is C20H24FN3O2. The Balaban J connectivity index is 1.63. The van der Waals surface area contributed by atoms with Crippen LogP contribution in [-0.4, -0.2) is 36.2 Å². The summed E-state index contributed by atoms with van der Waals surface area (Å²) in [5.41, 5.74) is 1.43. The van der Waals surface area contributed by atoms with Crippen LogP contribution in [0.25, 0.3) is 0 Å². The Bertz CT molecular complexity index is 741. The number of carbonyl (C=O) groups excluding carboxylic acids is 1. The molecule has 0 unspecified atom stereocenters. The standard InChI is InChI=1S/C20H24FN3O2/c1-14(2)26-20(25)18-4-3-11-22-19(18)24-12-9-17(10-13-24)23-16-7-5-15(21)6-8-16/h3-8,11,14,17,23H,9-10,12-13H2,1-2H3. The van der Waals surface area contributed by atoms with Crippen LogP contribution in [0.3, 0.4) is 0 Å². The van der Waals surface area contributed by atoms with E-state index in [4.69, 9.17) is 4.74 Å². The third-order valence-corrected chi connectivity index (χ3v) is 4.36. The molecule has 0 bridgehead atoms. The third kappa shape index (κ3) is 4.50. The Morgan fingerprint density at radius 3 is 2.58 bits per heavy atom. The van der Waals surface area contributed by atoms with Crippen LogP contribution in [0.1, 0.15) is 37.0 Å². The molecule has 0 spiro atoms. The number of carbonyl (C=O) groups is 1. The predicted octanol–water partition coefficient (Wildman–Crippen LogP) is 3.87. The highest BCUT2D eigenvalue weighted by Gasteiger charge is 2.24. The molecule has 0 radical (unpaired) electrons. The summed E-state index contributed by atoms with van der Waals surface area (Å²) in [6.07, 6.45) is 3.35. The summed E-state index contributed by atoms with van der Waals surface area (Å²) in [6, 6.07) is 10.2. The smallest absolute Gasteiger partial charge is 0.342 e. The Kier molecular flexibility index (Phi) is 5.71. The highest BCUT2D eigenvalue weighted by molar-refractivity contribution is 5.94. The minimum Gasteiger partial charge on any atom is -0.459 e. The maximum absolute atomic E-state index is 13.0. The van der Waals surface area contributed by atoms with E-state index in [1.807, 2.05) is 13.8 Å². The molecule has 1 aliphatic rings. The van der Waals surface area contributed by atoms with Gasteiger partial charge in [-0.3, -0.25) is 0 Å². The van der Waals surface area contributed by atoms with Crippen LogP contribution in [-0.2, 0) is 4.74 Å². The molecule has 138 valence electrons. The lowest BCUT2D eigenvalue weighted by Gasteiger charge is -2.34. The highest BCUT2D eigenvalue weighted by Crippen LogP contribution is 2.24. The van der Waals surface area contributed by atoms with Gasteiger partial charge < -0.3 is 15.0 Å². The number of nitrogens with one attached hydrogen (secondary N) is 1. The molecular weight excluding hydrogens is 333 g/mol. The van der Waals surface area contributed by atoms with Crippen molar-refractivity contribution in [3.63, 3.8) is 0 Å². The molecule has 0 saturated carbocycles. The van der Waals surface area contributed by atoms with Gasteiger partial charge in [-0.2, -0.15) is 0 Å². The lowest BCUT2D eigenvalue weighted by molar-refractivity contribution is 0.0378. The molecule has 1 aliphatic heterocycles. The number of aromatic nitrogens is 1. The zero-order valence-electron chi connectivity index (χ0n) is 15.1. The molecule has 0 aliphatic carbocycles. The molecule has 2 heterocycles. The fraction of sp³-hybridized carbons (Fsp3) is 0.400. The number of ether oxygens (including phenoxy) is 1. The first-order valence-corrected chi connectivity index (χ1v) is 8.96. The quantitative estimate of drug-likeness (QED) is 0.824. The number of hydrogen-bond donors (Lipinski definition) is 1. The Labute approximate surface area is 153 Å². The number of nitrogens with zero attached hydrogens (tertiary/aromatic N) is 2. The second-order valence-corrected chi connectivity index (χ2v) is 6.74. The normalized spacial score (nSPS) is 15.2. The highest BCUT2D eigenvalue weighted by atomic mass is 19.1. The van der Waals surface area contributed by atoms with Gasteiger partial charge in [-0.1, -0.05) is 0 Å². The van der Waals surface area contributed by atoms with Crippen molar-refractivity contribution in [3.8, 4) is 0 Å². The fourth-order valence-corrected chi connectivity index (χ4v) is 3.10. The monoisotopic (exact) mass is 357 g/mol. The zero-order chi connectivity index (χ0) is 18.5. The van der Waals surface area contributed by atoms with Crippen LogP contribution >= 0.6 is 0 Å². The average Bonchev–Trinajstić information content (AvgIpc) is 2.64. The van der Waals surface area contributed by atoms with Gasteiger partial charge in [0, 0.05) is 31.0 Å². The summed E-state index contributed by atoms with van der Waals surface area (Å²) in [5.74, 6) is 0.106. The van der Waals surface area contributed by atoms with Crippen molar-refractivity contribution in [3.05, 3.63) is 54.0 Å². The van der Waals surface area contributed by atoms with Gasteiger partial charge in [0.25, 0.3) is 0 Å². The van der Waals surface area contributed by atoms with Gasteiger partial charge in [0.1, 0.15) is 17.2 Å². The summed E-state index contributed by atoms with van der Waals surface area (Å²) in [7, 11) is 0. The summed E-state index contributed by atoms with van der Waals surface area (Å²) in [5, 5.41) is 3.44. The van der Waals surface area contributed by atoms with Crippen LogP contribution in [0.15, 0.2) is 42.6 Å². The first-order valence-electron chi connectivity index (χ1n) is 8.96. The lowest BCUT2D eigenvalue weighted by Crippen LogP contribution is -2.40. The number of anilines is 2. The second kappa shape index (κ2) is 8.17. The van der Waals surface area contributed by atoms with Gasteiger partial charge in [-0.05, 0) is 63.1 Å². The molecule has 26 heavy (non-hydrogen) atoms. The van der Waals surface area contributed by atoms with E-state index in [-0.39, 0.29) is 17.9 Å². The SMILES string of the molecule is CC(C)OC(=O)c1cccnc1N1CCC(Nc2ccc(F)cc2)CC1. The molecule has 0 amide bonds. The minimum atomic E-state index is -0.338. The van der Waals surface area contributed by atoms with E-state index in [0.717, 1.165) is 31.6 Å². The van der Waals surface area contributed by atoms with Crippen molar-refractivity contribution in [2.75, 3.05) is 23.3 Å². The molecule has 5 nitrogen and oxygen atoms in total. The maximum atomic E-state index is 13.0. The first-order chi connectivity index (χ1) is 12.5. The van der Waals surface area contributed by atoms with Gasteiger partial charge in [0.15, 0.2) is 0 Å². The minimum absolute atomic E-state index is 0.166. The van der Waals surface area contributed by atoms with Gasteiger partial charge in [0.05, 0.1) is 6.10 Å². The Morgan fingerprint density at radius 1 is 1.23 bits per heavy atom. The number of rotatable bonds is 5. The van der Waals surface area contributed by atoms with Crippen LogP contribution in [0.4, 0.5) is 15.9 Å². The maximum Gasteiger partial charge on any atom is 0.342 e. The lowest BCUT2D eigenvalue weighted by atomic mass is 10.0. The van der Waals surface area contributed by atoms with E-state index in [9.17, 15) is 9.18 Å². The van der Waals surface area contributed by atoms with E-state index < -0.39 is 0 Å². The summed E-state index contributed by atoms with van der Waals surface area (Å²) in [6.45, 7) is 5.25. The zero-order valence-corrected chi connectivity index (χ0v) is 15.1. The summed E-state index contributed by atoms with van der Waals surface area (Å²) >= 11 is 0. The van der Waals surface area contributed by atoms with Crippen LogP contribution in [0, 0.1) is 5.82 Å². The Hall–Kier alpha value is -2.63. The van der Waals surface area contributed by atoms with E-state index in [1.54, 1.807) is 30.5 Å². The van der Waals surface area contributed by atoms with Crippen molar-refractivity contribution >= 4 is 17.5 Å². The number of halogens is 1. The van der Waals surface area contributed by atoms with Crippen LogP contribution < -0.4 is 10.2 Å². The molecule has 1 N–H and O–H groups in total.